The molecule has 3 nitrogen and oxygen atoms in total. The number of benzene rings is 2. The summed E-state index contributed by atoms with van der Waals surface area (Å²) in [6.07, 6.45) is -0.254. The Morgan fingerprint density at radius 2 is 1.86 bits per heavy atom. The fraction of sp³-hybridized carbons (Fsp3) is 0.235. The molecule has 5 heteroatoms. The maximum Gasteiger partial charge on any atom is 0.257 e. The van der Waals surface area contributed by atoms with Gasteiger partial charge in [-0.3, -0.25) is 4.79 Å². The average molecular weight is 303 g/mol. The van der Waals surface area contributed by atoms with E-state index in [1.165, 1.54) is 17.0 Å². The fourth-order valence-electron chi connectivity index (χ4n) is 2.54. The number of carbonyl (C=O) groups is 1. The third kappa shape index (κ3) is 2.85. The predicted octanol–water partition coefficient (Wildman–Crippen LogP) is 3.18. The Hall–Kier alpha value is -2.27. The van der Waals surface area contributed by atoms with Crippen molar-refractivity contribution in [1.29, 1.82) is 0 Å². The van der Waals surface area contributed by atoms with Gasteiger partial charge in [-0.25, -0.2) is 8.78 Å². The molecule has 1 amide bonds. The molecule has 1 atom stereocenters. The second kappa shape index (κ2) is 6.23. The van der Waals surface area contributed by atoms with Crippen LogP contribution in [0.2, 0.25) is 0 Å². The lowest BCUT2D eigenvalue weighted by Crippen LogP contribution is -2.42. The second-order valence-electron chi connectivity index (χ2n) is 5.12. The van der Waals surface area contributed by atoms with Crippen molar-refractivity contribution in [3.05, 3.63) is 71.3 Å². The molecule has 22 heavy (non-hydrogen) atoms. The van der Waals surface area contributed by atoms with E-state index in [1.807, 2.05) is 30.3 Å². The molecule has 0 N–H and O–H groups in total. The monoisotopic (exact) mass is 303 g/mol. The van der Waals surface area contributed by atoms with Crippen molar-refractivity contribution in [2.75, 3.05) is 19.7 Å². The molecule has 0 aromatic heterocycles. The van der Waals surface area contributed by atoms with Crippen molar-refractivity contribution in [2.45, 2.75) is 6.10 Å². The maximum atomic E-state index is 13.8. The number of rotatable bonds is 2. The van der Waals surface area contributed by atoms with Crippen molar-refractivity contribution in [1.82, 2.24) is 4.90 Å². The van der Waals surface area contributed by atoms with Crippen LogP contribution in [-0.2, 0) is 4.74 Å². The zero-order valence-corrected chi connectivity index (χ0v) is 11.8. The Bertz CT molecular complexity index is 676. The van der Waals surface area contributed by atoms with E-state index in [-0.39, 0.29) is 11.7 Å². The standard InChI is InChI=1S/C17H15F2NO2/c18-14-8-4-7-13(16(14)19)17(21)20-9-10-22-15(11-20)12-5-2-1-3-6-12/h1-8,15H,9-11H2. The van der Waals surface area contributed by atoms with Crippen LogP contribution in [0, 0.1) is 11.6 Å². The van der Waals surface area contributed by atoms with E-state index < -0.39 is 17.5 Å². The molecule has 2 aromatic rings. The van der Waals surface area contributed by atoms with Crippen molar-refractivity contribution >= 4 is 5.91 Å². The van der Waals surface area contributed by atoms with E-state index >= 15 is 0 Å². The first-order valence-electron chi connectivity index (χ1n) is 7.06. The largest absolute Gasteiger partial charge is 0.370 e. The number of amides is 1. The lowest BCUT2D eigenvalue weighted by molar-refractivity contribution is -0.0229. The second-order valence-corrected chi connectivity index (χ2v) is 5.12. The van der Waals surface area contributed by atoms with Crippen molar-refractivity contribution in [3.8, 4) is 0 Å². The molecule has 1 fully saturated rings. The van der Waals surface area contributed by atoms with Gasteiger partial charge in [0.25, 0.3) is 5.91 Å². The molecule has 0 spiro atoms. The molecule has 1 unspecified atom stereocenters. The minimum Gasteiger partial charge on any atom is -0.370 e. The average Bonchev–Trinajstić information content (AvgIpc) is 2.58. The molecule has 2 aromatic carbocycles. The predicted molar refractivity (Wildman–Crippen MR) is 77.4 cm³/mol. The van der Waals surface area contributed by atoms with Gasteiger partial charge in [0.1, 0.15) is 6.10 Å². The summed E-state index contributed by atoms with van der Waals surface area (Å²) in [6.45, 7) is 1.04. The summed E-state index contributed by atoms with van der Waals surface area (Å²) in [7, 11) is 0. The van der Waals surface area contributed by atoms with Crippen LogP contribution < -0.4 is 0 Å². The summed E-state index contributed by atoms with van der Waals surface area (Å²) in [5.74, 6) is -2.63. The van der Waals surface area contributed by atoms with E-state index in [2.05, 4.69) is 0 Å². The van der Waals surface area contributed by atoms with Crippen LogP contribution in [0.5, 0.6) is 0 Å². The van der Waals surface area contributed by atoms with Crippen molar-refractivity contribution < 1.29 is 18.3 Å². The molecular formula is C17H15F2NO2. The maximum absolute atomic E-state index is 13.8. The smallest absolute Gasteiger partial charge is 0.257 e. The first-order valence-corrected chi connectivity index (χ1v) is 7.06. The molecular weight excluding hydrogens is 288 g/mol. The number of halogens is 2. The Morgan fingerprint density at radius 3 is 2.64 bits per heavy atom. The fourth-order valence-corrected chi connectivity index (χ4v) is 2.54. The lowest BCUT2D eigenvalue weighted by atomic mass is 10.1. The first-order chi connectivity index (χ1) is 10.7. The zero-order valence-electron chi connectivity index (χ0n) is 11.8. The SMILES string of the molecule is O=C(c1cccc(F)c1F)N1CCOC(c2ccccc2)C1. The molecule has 3 rings (SSSR count). The Kier molecular flexibility index (Phi) is 4.15. The highest BCUT2D eigenvalue weighted by molar-refractivity contribution is 5.94. The van der Waals surface area contributed by atoms with E-state index in [0.29, 0.717) is 19.7 Å². The van der Waals surface area contributed by atoms with Gasteiger partial charge in [-0.1, -0.05) is 36.4 Å². The molecule has 1 aliphatic rings. The number of nitrogens with zero attached hydrogens (tertiary/aromatic N) is 1. The van der Waals surface area contributed by atoms with Crippen molar-refractivity contribution in [2.24, 2.45) is 0 Å². The quantitative estimate of drug-likeness (QED) is 0.853. The van der Waals surface area contributed by atoms with Gasteiger partial charge < -0.3 is 9.64 Å². The van der Waals surface area contributed by atoms with Crippen LogP contribution in [0.3, 0.4) is 0 Å². The summed E-state index contributed by atoms with van der Waals surface area (Å²) < 4.78 is 32.7. The van der Waals surface area contributed by atoms with E-state index in [1.54, 1.807) is 0 Å². The van der Waals surface area contributed by atoms with Crippen LogP contribution in [-0.4, -0.2) is 30.5 Å². The molecule has 114 valence electrons. The number of hydrogen-bond donors (Lipinski definition) is 0. The van der Waals surface area contributed by atoms with Gasteiger partial charge in [0.05, 0.1) is 18.7 Å². The minimum atomic E-state index is -1.10. The normalized spacial score (nSPS) is 18.3. The molecule has 0 saturated carbocycles. The van der Waals surface area contributed by atoms with Crippen LogP contribution in [0.25, 0.3) is 0 Å². The molecule has 0 radical (unpaired) electrons. The summed E-state index contributed by atoms with van der Waals surface area (Å²) in [6, 6.07) is 13.2. The van der Waals surface area contributed by atoms with Gasteiger partial charge in [0.15, 0.2) is 11.6 Å². The van der Waals surface area contributed by atoms with Crippen LogP contribution in [0.4, 0.5) is 8.78 Å². The van der Waals surface area contributed by atoms with Gasteiger partial charge >= 0.3 is 0 Å². The number of ether oxygens (including phenoxy) is 1. The van der Waals surface area contributed by atoms with Gasteiger partial charge in [-0.05, 0) is 17.7 Å². The van der Waals surface area contributed by atoms with Gasteiger partial charge in [-0.15, -0.1) is 0 Å². The van der Waals surface area contributed by atoms with Crippen LogP contribution in [0.1, 0.15) is 22.0 Å². The Labute approximate surface area is 127 Å². The summed E-state index contributed by atoms with van der Waals surface area (Å²) in [5.41, 5.74) is 0.716. The summed E-state index contributed by atoms with van der Waals surface area (Å²) in [5, 5.41) is 0. The Balaban J connectivity index is 1.80. The number of hydrogen-bond acceptors (Lipinski definition) is 2. The summed E-state index contributed by atoms with van der Waals surface area (Å²) in [4.78, 5) is 13.9. The van der Waals surface area contributed by atoms with Gasteiger partial charge in [0.2, 0.25) is 0 Å². The molecule has 0 bridgehead atoms. The first kappa shape index (κ1) is 14.7. The van der Waals surface area contributed by atoms with Crippen molar-refractivity contribution in [3.63, 3.8) is 0 Å². The number of carbonyl (C=O) groups excluding carboxylic acids is 1. The highest BCUT2D eigenvalue weighted by Crippen LogP contribution is 2.24. The molecule has 1 heterocycles. The number of morpholine rings is 1. The molecule has 1 aliphatic heterocycles. The van der Waals surface area contributed by atoms with Gasteiger partial charge in [0, 0.05) is 6.54 Å². The van der Waals surface area contributed by atoms with Crippen LogP contribution >= 0.6 is 0 Å². The third-order valence-electron chi connectivity index (χ3n) is 3.71. The topological polar surface area (TPSA) is 29.5 Å². The third-order valence-corrected chi connectivity index (χ3v) is 3.71. The van der Waals surface area contributed by atoms with E-state index in [9.17, 15) is 13.6 Å². The highest BCUT2D eigenvalue weighted by Gasteiger charge is 2.28. The summed E-state index contributed by atoms with van der Waals surface area (Å²) >= 11 is 0. The van der Waals surface area contributed by atoms with Crippen LogP contribution in [0.15, 0.2) is 48.5 Å². The highest BCUT2D eigenvalue weighted by atomic mass is 19.2. The minimum absolute atomic E-state index is 0.242. The van der Waals surface area contributed by atoms with Gasteiger partial charge in [-0.2, -0.15) is 0 Å². The lowest BCUT2D eigenvalue weighted by Gasteiger charge is -2.33. The zero-order chi connectivity index (χ0) is 15.5. The van der Waals surface area contributed by atoms with E-state index in [0.717, 1.165) is 11.6 Å². The molecule has 1 saturated heterocycles. The Morgan fingerprint density at radius 1 is 1.09 bits per heavy atom. The molecule has 0 aliphatic carbocycles. The van der Waals surface area contributed by atoms with E-state index in [4.69, 9.17) is 4.74 Å².